The highest BCUT2D eigenvalue weighted by atomic mass is 79.9. The van der Waals surface area contributed by atoms with Crippen LogP contribution in [0.5, 0.6) is 23.0 Å². The fourth-order valence-electron chi connectivity index (χ4n) is 4.50. The number of nitrogens with zero attached hydrogens (tertiary/aromatic N) is 2. The summed E-state index contributed by atoms with van der Waals surface area (Å²) in [6.45, 7) is 8.34. The molecule has 0 amide bonds. The van der Waals surface area contributed by atoms with Crippen molar-refractivity contribution in [2.24, 2.45) is 4.99 Å². The predicted molar refractivity (Wildman–Crippen MR) is 156 cm³/mol. The highest BCUT2D eigenvalue weighted by Crippen LogP contribution is 2.38. The molecule has 212 valence electrons. The van der Waals surface area contributed by atoms with E-state index in [2.05, 4.69) is 20.9 Å². The number of fused-ring (bicyclic) bond motifs is 1. The van der Waals surface area contributed by atoms with Gasteiger partial charge < -0.3 is 23.7 Å². The number of carbonyl (C=O) groups is 1. The number of thiazole rings is 1. The molecule has 0 fully saturated rings. The maximum atomic E-state index is 14.0. The molecule has 9 nitrogen and oxygen atoms in total. The Morgan fingerprint density at radius 2 is 1.75 bits per heavy atom. The summed E-state index contributed by atoms with van der Waals surface area (Å²) < 4.78 is 30.5. The lowest BCUT2D eigenvalue weighted by molar-refractivity contribution is -0.139. The zero-order valence-electron chi connectivity index (χ0n) is 23.2. The van der Waals surface area contributed by atoms with E-state index in [1.54, 1.807) is 52.3 Å². The first-order valence-electron chi connectivity index (χ1n) is 12.8. The van der Waals surface area contributed by atoms with Gasteiger partial charge in [-0.3, -0.25) is 9.36 Å². The fourth-order valence-corrected chi connectivity index (χ4v) is 6.12. The van der Waals surface area contributed by atoms with Gasteiger partial charge in [-0.05, 0) is 85.1 Å². The van der Waals surface area contributed by atoms with Crippen LogP contribution in [0.1, 0.15) is 44.9 Å². The Labute approximate surface area is 244 Å². The zero-order valence-corrected chi connectivity index (χ0v) is 25.6. The number of carbonyl (C=O) groups excluding carboxylic acids is 1. The number of benzene rings is 2. The molecular formula is C29H31BrN2O7S. The van der Waals surface area contributed by atoms with Crippen LogP contribution in [0.4, 0.5) is 0 Å². The van der Waals surface area contributed by atoms with Gasteiger partial charge in [0.25, 0.3) is 5.56 Å². The van der Waals surface area contributed by atoms with E-state index in [1.165, 1.54) is 15.9 Å². The topological polar surface area (TPSA) is 97.6 Å². The molecule has 0 saturated heterocycles. The van der Waals surface area contributed by atoms with Gasteiger partial charge in [0.1, 0.15) is 0 Å². The molecule has 0 saturated carbocycles. The first-order chi connectivity index (χ1) is 19.3. The van der Waals surface area contributed by atoms with Crippen LogP contribution in [0.2, 0.25) is 0 Å². The molecule has 1 aliphatic heterocycles. The third kappa shape index (κ3) is 5.66. The standard InChI is InChI=1S/C29H31BrN2O7S/c1-7-37-21-15-18(10-11-20(21)35-5)25-24(28(34)39-9-3)16(4)31-29-32(25)27(33)23(40-29)14-17-12-19(30)26(38-8-2)22(13-17)36-6/h10-15,25H,7-9H2,1-6H3/b23-14-/t25-/m0/s1. The maximum absolute atomic E-state index is 14.0. The van der Waals surface area contributed by atoms with E-state index < -0.39 is 12.0 Å². The van der Waals surface area contributed by atoms with Crippen LogP contribution in [0.3, 0.4) is 0 Å². The van der Waals surface area contributed by atoms with E-state index in [9.17, 15) is 9.59 Å². The Morgan fingerprint density at radius 1 is 1.02 bits per heavy atom. The first kappa shape index (κ1) is 29.4. The fraction of sp³-hybridized carbons (Fsp3) is 0.345. The molecular weight excluding hydrogens is 600 g/mol. The predicted octanol–water partition coefficient (Wildman–Crippen LogP) is 4.38. The van der Waals surface area contributed by atoms with Gasteiger partial charge in [0.05, 0.1) is 60.4 Å². The molecule has 3 aromatic rings. The minimum absolute atomic E-state index is 0.189. The van der Waals surface area contributed by atoms with Gasteiger partial charge in [0, 0.05) is 0 Å². The second-order valence-corrected chi connectivity index (χ2v) is 10.5. The molecule has 0 unspecified atom stereocenters. The number of allylic oxidation sites excluding steroid dienone is 1. The molecule has 1 aromatic heterocycles. The Kier molecular flexibility index (Phi) is 9.36. The van der Waals surface area contributed by atoms with E-state index in [0.717, 1.165) is 5.56 Å². The molecule has 0 spiro atoms. The molecule has 40 heavy (non-hydrogen) atoms. The molecule has 1 atom stereocenters. The van der Waals surface area contributed by atoms with Crippen molar-refractivity contribution >= 4 is 39.3 Å². The van der Waals surface area contributed by atoms with Crippen LogP contribution in [0.25, 0.3) is 6.08 Å². The number of esters is 1. The average molecular weight is 632 g/mol. The average Bonchev–Trinajstić information content (AvgIpc) is 3.23. The van der Waals surface area contributed by atoms with E-state index in [0.29, 0.717) is 66.9 Å². The number of hydrogen-bond acceptors (Lipinski definition) is 9. The van der Waals surface area contributed by atoms with Crippen molar-refractivity contribution in [2.75, 3.05) is 34.0 Å². The van der Waals surface area contributed by atoms with Crippen LogP contribution in [0.15, 0.2) is 55.9 Å². The lowest BCUT2D eigenvalue weighted by Gasteiger charge is -2.25. The highest BCUT2D eigenvalue weighted by molar-refractivity contribution is 9.10. The van der Waals surface area contributed by atoms with Gasteiger partial charge in [0.15, 0.2) is 27.8 Å². The second-order valence-electron chi connectivity index (χ2n) is 8.61. The van der Waals surface area contributed by atoms with Gasteiger partial charge in [-0.25, -0.2) is 9.79 Å². The molecule has 2 heterocycles. The summed E-state index contributed by atoms with van der Waals surface area (Å²) in [5.41, 5.74) is 1.88. The molecule has 4 rings (SSSR count). The third-order valence-corrected chi connectivity index (χ3v) is 7.73. The second kappa shape index (κ2) is 12.7. The number of rotatable bonds is 10. The highest BCUT2D eigenvalue weighted by Gasteiger charge is 2.34. The van der Waals surface area contributed by atoms with Crippen LogP contribution >= 0.6 is 27.3 Å². The quantitative estimate of drug-likeness (QED) is 0.307. The van der Waals surface area contributed by atoms with E-state index >= 15 is 0 Å². The summed E-state index contributed by atoms with van der Waals surface area (Å²) in [4.78, 5) is 32.3. The molecule has 2 aromatic carbocycles. The smallest absolute Gasteiger partial charge is 0.338 e. The molecule has 0 N–H and O–H groups in total. The Morgan fingerprint density at radius 3 is 2.40 bits per heavy atom. The normalized spacial score (nSPS) is 14.9. The Hall–Kier alpha value is -3.57. The van der Waals surface area contributed by atoms with Gasteiger partial charge in [-0.15, -0.1) is 0 Å². The van der Waals surface area contributed by atoms with Gasteiger partial charge in [0.2, 0.25) is 0 Å². The van der Waals surface area contributed by atoms with E-state index in [1.807, 2.05) is 26.0 Å². The summed E-state index contributed by atoms with van der Waals surface area (Å²) in [5, 5.41) is 0. The number of aromatic nitrogens is 1. The Balaban J connectivity index is 1.94. The SMILES string of the molecule is CCOC(=O)C1=C(C)N=c2s/c(=C\c3cc(Br)c(OCC)c(OC)c3)c(=O)n2[C@H]1c1ccc(OC)c(OCC)c1. The summed E-state index contributed by atoms with van der Waals surface area (Å²) >= 11 is 4.78. The van der Waals surface area contributed by atoms with Crippen LogP contribution in [-0.2, 0) is 9.53 Å². The van der Waals surface area contributed by atoms with Crippen LogP contribution in [0, 0.1) is 0 Å². The Bertz CT molecular complexity index is 1640. The molecule has 1 aliphatic rings. The molecule has 0 radical (unpaired) electrons. The van der Waals surface area contributed by atoms with Crippen molar-refractivity contribution in [2.45, 2.75) is 33.7 Å². The molecule has 11 heteroatoms. The van der Waals surface area contributed by atoms with Crippen LogP contribution < -0.4 is 33.8 Å². The summed E-state index contributed by atoms with van der Waals surface area (Å²) in [6.07, 6.45) is 1.77. The summed E-state index contributed by atoms with van der Waals surface area (Å²) in [7, 11) is 3.12. The van der Waals surface area contributed by atoms with Crippen molar-refractivity contribution in [1.29, 1.82) is 0 Å². The molecule has 0 bridgehead atoms. The minimum atomic E-state index is -0.774. The maximum Gasteiger partial charge on any atom is 0.338 e. The van der Waals surface area contributed by atoms with Crippen molar-refractivity contribution < 1.29 is 28.5 Å². The molecule has 0 aliphatic carbocycles. The number of methoxy groups -OCH3 is 2. The van der Waals surface area contributed by atoms with E-state index in [4.69, 9.17) is 23.7 Å². The van der Waals surface area contributed by atoms with Crippen molar-refractivity contribution in [3.63, 3.8) is 0 Å². The lowest BCUT2D eigenvalue weighted by Crippen LogP contribution is -2.40. The first-order valence-corrected chi connectivity index (χ1v) is 14.4. The van der Waals surface area contributed by atoms with Crippen LogP contribution in [-0.4, -0.2) is 44.6 Å². The van der Waals surface area contributed by atoms with E-state index in [-0.39, 0.29) is 12.2 Å². The van der Waals surface area contributed by atoms with Crippen molar-refractivity contribution in [3.8, 4) is 23.0 Å². The van der Waals surface area contributed by atoms with Crippen molar-refractivity contribution in [1.82, 2.24) is 4.57 Å². The number of ether oxygens (including phenoxy) is 5. The largest absolute Gasteiger partial charge is 0.493 e. The minimum Gasteiger partial charge on any atom is -0.493 e. The zero-order chi connectivity index (χ0) is 29.0. The third-order valence-electron chi connectivity index (χ3n) is 6.16. The van der Waals surface area contributed by atoms with Gasteiger partial charge >= 0.3 is 5.97 Å². The summed E-state index contributed by atoms with van der Waals surface area (Å²) in [5.74, 6) is 1.65. The number of halogens is 1. The monoisotopic (exact) mass is 630 g/mol. The van der Waals surface area contributed by atoms with Gasteiger partial charge in [-0.2, -0.15) is 0 Å². The van der Waals surface area contributed by atoms with Crippen molar-refractivity contribution in [3.05, 3.63) is 76.9 Å². The number of hydrogen-bond donors (Lipinski definition) is 0. The lowest BCUT2D eigenvalue weighted by atomic mass is 9.95. The summed E-state index contributed by atoms with van der Waals surface area (Å²) in [6, 6.07) is 8.25. The van der Waals surface area contributed by atoms with Gasteiger partial charge in [-0.1, -0.05) is 17.4 Å².